The van der Waals surface area contributed by atoms with E-state index in [9.17, 15) is 4.79 Å². The van der Waals surface area contributed by atoms with Crippen LogP contribution in [0.3, 0.4) is 0 Å². The van der Waals surface area contributed by atoms with Gasteiger partial charge in [-0.15, -0.1) is 0 Å². The molecule has 0 aliphatic carbocycles. The summed E-state index contributed by atoms with van der Waals surface area (Å²) in [7, 11) is 5.85. The van der Waals surface area contributed by atoms with Crippen LogP contribution < -0.4 is 10.6 Å². The van der Waals surface area contributed by atoms with Gasteiger partial charge in [0.15, 0.2) is 5.96 Å². The van der Waals surface area contributed by atoms with E-state index in [-0.39, 0.29) is 5.91 Å². The number of carbonyl (C=O) groups is 1. The van der Waals surface area contributed by atoms with Crippen molar-refractivity contribution in [3.8, 4) is 0 Å². The molecule has 29 heavy (non-hydrogen) atoms. The van der Waals surface area contributed by atoms with Crippen molar-refractivity contribution < 1.29 is 4.79 Å². The third kappa shape index (κ3) is 7.35. The SMILES string of the molecule is CCCC1(C)CCCN(C(=NC)NCc2cccc(C(=O)NCCN(C)C)c2)C1. The summed E-state index contributed by atoms with van der Waals surface area (Å²) in [5.74, 6) is 0.928. The first kappa shape index (κ1) is 23.2. The van der Waals surface area contributed by atoms with Crippen LogP contribution in [0.1, 0.15) is 55.5 Å². The molecule has 2 rings (SSSR count). The molecule has 0 bridgehead atoms. The van der Waals surface area contributed by atoms with E-state index in [4.69, 9.17) is 0 Å². The van der Waals surface area contributed by atoms with E-state index in [1.54, 1.807) is 0 Å². The van der Waals surface area contributed by atoms with Crippen LogP contribution in [0.5, 0.6) is 0 Å². The van der Waals surface area contributed by atoms with Gasteiger partial charge in [0.1, 0.15) is 0 Å². The summed E-state index contributed by atoms with van der Waals surface area (Å²) < 4.78 is 0. The second-order valence-electron chi connectivity index (χ2n) is 8.75. The molecule has 1 aliphatic heterocycles. The van der Waals surface area contributed by atoms with E-state index in [0.717, 1.165) is 31.2 Å². The van der Waals surface area contributed by atoms with Crippen molar-refractivity contribution in [2.24, 2.45) is 10.4 Å². The molecule has 0 spiro atoms. The van der Waals surface area contributed by atoms with Crippen LogP contribution in [0, 0.1) is 5.41 Å². The summed E-state index contributed by atoms with van der Waals surface area (Å²) in [6.07, 6.45) is 4.98. The van der Waals surface area contributed by atoms with E-state index >= 15 is 0 Å². The number of hydrogen-bond acceptors (Lipinski definition) is 3. The molecule has 1 aromatic rings. The molecule has 2 N–H and O–H groups in total. The van der Waals surface area contributed by atoms with Crippen LogP contribution in [0.4, 0.5) is 0 Å². The molecule has 1 unspecified atom stereocenters. The summed E-state index contributed by atoms with van der Waals surface area (Å²) in [6.45, 7) is 8.90. The van der Waals surface area contributed by atoms with Crippen LogP contribution in [-0.2, 0) is 6.54 Å². The third-order valence-corrected chi connectivity index (χ3v) is 5.63. The Bertz CT molecular complexity index is 684. The van der Waals surface area contributed by atoms with Gasteiger partial charge in [0.25, 0.3) is 5.91 Å². The second kappa shape index (κ2) is 11.2. The molecule has 0 radical (unpaired) electrons. The lowest BCUT2D eigenvalue weighted by Gasteiger charge is -2.42. The average molecular weight is 402 g/mol. The fourth-order valence-corrected chi connectivity index (χ4v) is 4.14. The molecule has 1 aromatic carbocycles. The molecule has 1 atom stereocenters. The van der Waals surface area contributed by atoms with Gasteiger partial charge in [-0.25, -0.2) is 0 Å². The number of nitrogens with one attached hydrogen (secondary N) is 2. The Morgan fingerprint density at radius 1 is 1.31 bits per heavy atom. The number of aliphatic imine (C=N–C) groups is 1. The summed E-state index contributed by atoms with van der Waals surface area (Å²) in [6, 6.07) is 7.82. The molecule has 0 saturated carbocycles. The van der Waals surface area contributed by atoms with Crippen molar-refractivity contribution in [2.45, 2.75) is 46.1 Å². The number of piperidine rings is 1. The van der Waals surface area contributed by atoms with Gasteiger partial charge in [-0.1, -0.05) is 32.4 Å². The van der Waals surface area contributed by atoms with Crippen molar-refractivity contribution in [2.75, 3.05) is 47.3 Å². The van der Waals surface area contributed by atoms with Gasteiger partial charge in [0, 0.05) is 45.3 Å². The van der Waals surface area contributed by atoms with Crippen LogP contribution in [0.25, 0.3) is 0 Å². The first-order valence-electron chi connectivity index (χ1n) is 10.8. The third-order valence-electron chi connectivity index (χ3n) is 5.63. The number of nitrogens with zero attached hydrogens (tertiary/aromatic N) is 3. The number of likely N-dealkylation sites (tertiary alicyclic amines) is 1. The number of benzene rings is 1. The number of guanidine groups is 1. The molecule has 1 saturated heterocycles. The predicted molar refractivity (Wildman–Crippen MR) is 121 cm³/mol. The summed E-state index contributed by atoms with van der Waals surface area (Å²) in [4.78, 5) is 21.3. The van der Waals surface area contributed by atoms with Crippen LogP contribution in [-0.4, -0.2) is 69.0 Å². The monoisotopic (exact) mass is 401 g/mol. The fraction of sp³-hybridized carbons (Fsp3) is 0.652. The smallest absolute Gasteiger partial charge is 0.251 e. The Labute approximate surface area is 176 Å². The van der Waals surface area contributed by atoms with Gasteiger partial charge < -0.3 is 20.4 Å². The van der Waals surface area contributed by atoms with Gasteiger partial charge in [0.05, 0.1) is 0 Å². The molecule has 1 fully saturated rings. The van der Waals surface area contributed by atoms with Crippen molar-refractivity contribution in [1.82, 2.24) is 20.4 Å². The Hall–Kier alpha value is -2.08. The fourth-order valence-electron chi connectivity index (χ4n) is 4.14. The Morgan fingerprint density at radius 2 is 2.10 bits per heavy atom. The summed E-state index contributed by atoms with van der Waals surface area (Å²) in [5.41, 5.74) is 2.15. The zero-order valence-electron chi connectivity index (χ0n) is 18.9. The molecule has 162 valence electrons. The van der Waals surface area contributed by atoms with Gasteiger partial charge in [-0.3, -0.25) is 9.79 Å². The van der Waals surface area contributed by atoms with Crippen molar-refractivity contribution >= 4 is 11.9 Å². The van der Waals surface area contributed by atoms with Crippen LogP contribution >= 0.6 is 0 Å². The van der Waals surface area contributed by atoms with Crippen molar-refractivity contribution in [3.05, 3.63) is 35.4 Å². The van der Waals surface area contributed by atoms with E-state index in [0.29, 0.717) is 24.1 Å². The normalized spacial score (nSPS) is 20.1. The van der Waals surface area contributed by atoms with Gasteiger partial charge in [-0.2, -0.15) is 0 Å². The van der Waals surface area contributed by atoms with Gasteiger partial charge in [0.2, 0.25) is 0 Å². The van der Waals surface area contributed by atoms with Crippen molar-refractivity contribution in [1.29, 1.82) is 0 Å². The zero-order valence-corrected chi connectivity index (χ0v) is 18.9. The highest BCUT2D eigenvalue weighted by Gasteiger charge is 2.31. The van der Waals surface area contributed by atoms with Gasteiger partial charge in [-0.05, 0) is 56.5 Å². The number of hydrogen-bond donors (Lipinski definition) is 2. The highest BCUT2D eigenvalue weighted by molar-refractivity contribution is 5.94. The predicted octanol–water partition coefficient (Wildman–Crippen LogP) is 2.96. The minimum absolute atomic E-state index is 0.0237. The maximum atomic E-state index is 12.4. The molecular formula is C23H39N5O. The second-order valence-corrected chi connectivity index (χ2v) is 8.75. The highest BCUT2D eigenvalue weighted by atomic mass is 16.1. The highest BCUT2D eigenvalue weighted by Crippen LogP contribution is 2.33. The molecule has 1 aliphatic rings. The number of likely N-dealkylation sites (N-methyl/N-ethyl adjacent to an activating group) is 1. The molecular weight excluding hydrogens is 362 g/mol. The quantitative estimate of drug-likeness (QED) is 0.519. The molecule has 1 amide bonds. The topological polar surface area (TPSA) is 60.0 Å². The maximum absolute atomic E-state index is 12.4. The standard InChI is InChI=1S/C23H39N5O/c1-6-11-23(2)12-8-14-28(18-23)22(24-3)26-17-19-9-7-10-20(16-19)21(29)25-13-15-27(4)5/h7,9-10,16H,6,8,11-15,17-18H2,1-5H3,(H,24,26)(H,25,29). The number of carbonyl (C=O) groups excluding carboxylic acids is 1. The molecule has 1 heterocycles. The van der Waals surface area contributed by atoms with Crippen molar-refractivity contribution in [3.63, 3.8) is 0 Å². The molecule has 0 aromatic heterocycles. The summed E-state index contributed by atoms with van der Waals surface area (Å²) >= 11 is 0. The Balaban J connectivity index is 1.93. The van der Waals surface area contributed by atoms with Crippen LogP contribution in [0.2, 0.25) is 0 Å². The van der Waals surface area contributed by atoms with Crippen LogP contribution in [0.15, 0.2) is 29.3 Å². The first-order valence-corrected chi connectivity index (χ1v) is 10.8. The van der Waals surface area contributed by atoms with Gasteiger partial charge >= 0.3 is 0 Å². The lowest BCUT2D eigenvalue weighted by Crippen LogP contribution is -2.49. The molecule has 6 nitrogen and oxygen atoms in total. The summed E-state index contributed by atoms with van der Waals surface area (Å²) in [5, 5.41) is 6.47. The molecule has 6 heteroatoms. The Kier molecular flexibility index (Phi) is 8.96. The van der Waals surface area contributed by atoms with E-state index in [1.165, 1.54) is 25.7 Å². The van der Waals surface area contributed by atoms with E-state index in [1.807, 2.05) is 45.4 Å². The lowest BCUT2D eigenvalue weighted by molar-refractivity contribution is 0.0951. The maximum Gasteiger partial charge on any atom is 0.251 e. The minimum Gasteiger partial charge on any atom is -0.352 e. The first-order chi connectivity index (χ1) is 13.9. The van der Waals surface area contributed by atoms with E-state index in [2.05, 4.69) is 39.3 Å². The minimum atomic E-state index is -0.0237. The Morgan fingerprint density at radius 3 is 2.79 bits per heavy atom. The number of amides is 1. The average Bonchev–Trinajstić information content (AvgIpc) is 2.68. The van der Waals surface area contributed by atoms with E-state index < -0.39 is 0 Å². The lowest BCUT2D eigenvalue weighted by atomic mass is 9.78. The largest absolute Gasteiger partial charge is 0.352 e. The number of rotatable bonds is 8. The zero-order chi connectivity index (χ0) is 21.3.